The van der Waals surface area contributed by atoms with E-state index in [1.54, 1.807) is 0 Å². The molecule has 1 rings (SSSR count). The molecule has 0 saturated heterocycles. The van der Waals surface area contributed by atoms with Crippen molar-refractivity contribution in [1.29, 1.82) is 0 Å². The van der Waals surface area contributed by atoms with E-state index >= 15 is 0 Å². The van der Waals surface area contributed by atoms with Crippen LogP contribution in [-0.2, 0) is 0 Å². The maximum atomic E-state index is 3.65. The second-order valence-corrected chi connectivity index (χ2v) is 3.46. The summed E-state index contributed by atoms with van der Waals surface area (Å²) in [6, 6.07) is 6.45. The first kappa shape index (κ1) is 9.05. The minimum Gasteiger partial charge on any atom is -0.0906 e. The largest absolute Gasteiger partial charge is 0.0906 e. The molecular formula is C12H15. The third-order valence-corrected chi connectivity index (χ3v) is 1.97. The fraction of sp³-hybridized carbons (Fsp3) is 0.333. The van der Waals surface area contributed by atoms with Crippen LogP contribution in [0.2, 0.25) is 0 Å². The van der Waals surface area contributed by atoms with Crippen molar-refractivity contribution >= 4 is 0 Å². The lowest BCUT2D eigenvalue weighted by molar-refractivity contribution is 0.864. The summed E-state index contributed by atoms with van der Waals surface area (Å²) in [6.07, 6.45) is 2.91. The smallest absolute Gasteiger partial charge is 0.0178 e. The molecule has 12 heavy (non-hydrogen) atoms. The van der Waals surface area contributed by atoms with Gasteiger partial charge in [-0.25, -0.2) is 0 Å². The zero-order chi connectivity index (χ0) is 9.14. The molecule has 0 heteroatoms. The monoisotopic (exact) mass is 159 g/mol. The Balaban J connectivity index is 3.14. The zero-order valence-electron chi connectivity index (χ0n) is 8.02. The molecule has 0 fully saturated rings. The third kappa shape index (κ3) is 1.97. The molecule has 0 aromatic heterocycles. The van der Waals surface area contributed by atoms with Gasteiger partial charge in [0.05, 0.1) is 0 Å². The summed E-state index contributed by atoms with van der Waals surface area (Å²) in [5.41, 5.74) is 3.74. The molecule has 0 bridgehead atoms. The van der Waals surface area contributed by atoms with Gasteiger partial charge in [0.1, 0.15) is 0 Å². The first-order chi connectivity index (χ1) is 5.63. The lowest BCUT2D eigenvalue weighted by Gasteiger charge is -2.07. The molecule has 1 aromatic rings. The quantitative estimate of drug-likeness (QED) is 0.620. The predicted molar refractivity (Wildman–Crippen MR) is 53.2 cm³/mol. The van der Waals surface area contributed by atoms with Crippen molar-refractivity contribution in [2.24, 2.45) is 0 Å². The van der Waals surface area contributed by atoms with Crippen LogP contribution in [0, 0.1) is 13.0 Å². The Morgan fingerprint density at radius 3 is 2.42 bits per heavy atom. The molecule has 0 spiro atoms. The molecule has 0 saturated carbocycles. The molecule has 63 valence electrons. The van der Waals surface area contributed by atoms with Gasteiger partial charge in [0, 0.05) is 0 Å². The van der Waals surface area contributed by atoms with Gasteiger partial charge < -0.3 is 0 Å². The van der Waals surface area contributed by atoms with Gasteiger partial charge >= 0.3 is 0 Å². The molecule has 0 aliphatic rings. The standard InChI is InChI=1S/C12H15/c1-5-11-6-10(4)7-12(8-11)9(2)3/h6-9H,1H2,2-4H3. The van der Waals surface area contributed by atoms with Crippen molar-refractivity contribution in [3.63, 3.8) is 0 Å². The average Bonchev–Trinajstić information content (AvgIpc) is 2.03. The zero-order valence-corrected chi connectivity index (χ0v) is 8.02. The number of hydrogen-bond acceptors (Lipinski definition) is 0. The van der Waals surface area contributed by atoms with Crippen molar-refractivity contribution in [1.82, 2.24) is 0 Å². The second-order valence-electron chi connectivity index (χ2n) is 3.46. The third-order valence-electron chi connectivity index (χ3n) is 1.97. The van der Waals surface area contributed by atoms with Crippen LogP contribution in [0.5, 0.6) is 0 Å². The van der Waals surface area contributed by atoms with Crippen molar-refractivity contribution in [2.75, 3.05) is 0 Å². The van der Waals surface area contributed by atoms with Crippen molar-refractivity contribution in [3.8, 4) is 0 Å². The number of aryl methyl sites for hydroxylation is 1. The molecular weight excluding hydrogens is 144 g/mol. The summed E-state index contributed by atoms with van der Waals surface area (Å²) >= 11 is 0. The number of benzene rings is 1. The summed E-state index contributed by atoms with van der Waals surface area (Å²) in [5.74, 6) is 0.581. The van der Waals surface area contributed by atoms with Crippen LogP contribution in [0.1, 0.15) is 36.5 Å². The van der Waals surface area contributed by atoms with Gasteiger partial charge in [0.25, 0.3) is 0 Å². The lowest BCUT2D eigenvalue weighted by Crippen LogP contribution is -1.89. The van der Waals surface area contributed by atoms with Gasteiger partial charge in [-0.15, -0.1) is 0 Å². The highest BCUT2D eigenvalue weighted by Gasteiger charge is 2.00. The number of hydrogen-bond donors (Lipinski definition) is 0. The molecule has 0 aliphatic heterocycles. The van der Waals surface area contributed by atoms with Gasteiger partial charge in [-0.1, -0.05) is 44.2 Å². The minimum atomic E-state index is 0.581. The highest BCUT2D eigenvalue weighted by Crippen LogP contribution is 2.17. The van der Waals surface area contributed by atoms with Gasteiger partial charge in [-0.05, 0) is 30.0 Å². The Kier molecular flexibility index (Phi) is 2.69. The van der Waals surface area contributed by atoms with Gasteiger partial charge in [-0.3, -0.25) is 0 Å². The maximum Gasteiger partial charge on any atom is -0.0178 e. The molecule has 0 unspecified atom stereocenters. The summed E-state index contributed by atoms with van der Waals surface area (Å²) < 4.78 is 0. The topological polar surface area (TPSA) is 0 Å². The van der Waals surface area contributed by atoms with E-state index in [0.717, 1.165) is 5.56 Å². The van der Waals surface area contributed by atoms with Gasteiger partial charge in [-0.2, -0.15) is 0 Å². The summed E-state index contributed by atoms with van der Waals surface area (Å²) in [5, 5.41) is 0. The van der Waals surface area contributed by atoms with Crippen LogP contribution >= 0.6 is 0 Å². The Morgan fingerprint density at radius 1 is 1.25 bits per heavy atom. The average molecular weight is 159 g/mol. The number of rotatable bonds is 2. The van der Waals surface area contributed by atoms with E-state index < -0.39 is 0 Å². The Labute approximate surface area is 74.9 Å². The van der Waals surface area contributed by atoms with Crippen LogP contribution in [0.3, 0.4) is 0 Å². The van der Waals surface area contributed by atoms with E-state index in [9.17, 15) is 0 Å². The van der Waals surface area contributed by atoms with Crippen LogP contribution in [0.15, 0.2) is 24.8 Å². The van der Waals surface area contributed by atoms with Crippen LogP contribution in [0.25, 0.3) is 0 Å². The predicted octanol–water partition coefficient (Wildman–Crippen LogP) is 3.46. The Morgan fingerprint density at radius 2 is 1.92 bits per heavy atom. The van der Waals surface area contributed by atoms with Crippen LogP contribution in [-0.4, -0.2) is 0 Å². The van der Waals surface area contributed by atoms with Gasteiger partial charge in [0.2, 0.25) is 0 Å². The lowest BCUT2D eigenvalue weighted by atomic mass is 9.98. The SMILES string of the molecule is C=[C]c1cc(C)cc(C(C)C)c1. The summed E-state index contributed by atoms with van der Waals surface area (Å²) in [6.45, 7) is 10.1. The van der Waals surface area contributed by atoms with Crippen molar-refractivity contribution in [3.05, 3.63) is 47.5 Å². The highest BCUT2D eigenvalue weighted by atomic mass is 14.0. The molecule has 0 aliphatic carbocycles. The van der Waals surface area contributed by atoms with E-state index in [-0.39, 0.29) is 0 Å². The van der Waals surface area contributed by atoms with Crippen molar-refractivity contribution < 1.29 is 0 Å². The van der Waals surface area contributed by atoms with E-state index in [0.29, 0.717) is 5.92 Å². The molecule has 1 aromatic carbocycles. The minimum absolute atomic E-state index is 0.581. The van der Waals surface area contributed by atoms with Crippen LogP contribution in [0.4, 0.5) is 0 Å². The molecule has 0 atom stereocenters. The second kappa shape index (κ2) is 3.57. The molecule has 1 radical (unpaired) electrons. The fourth-order valence-electron chi connectivity index (χ4n) is 1.25. The Hall–Kier alpha value is -1.04. The molecule has 0 N–H and O–H groups in total. The highest BCUT2D eigenvalue weighted by molar-refractivity contribution is 5.33. The van der Waals surface area contributed by atoms with E-state index in [1.807, 2.05) is 0 Å². The van der Waals surface area contributed by atoms with Gasteiger partial charge in [0.15, 0.2) is 0 Å². The molecule has 0 amide bonds. The normalized spacial score (nSPS) is 10.3. The fourth-order valence-corrected chi connectivity index (χ4v) is 1.25. The Bertz CT molecular complexity index is 282. The molecule has 0 heterocycles. The summed E-state index contributed by atoms with van der Waals surface area (Å²) in [4.78, 5) is 0. The first-order valence-corrected chi connectivity index (χ1v) is 4.28. The van der Waals surface area contributed by atoms with Crippen LogP contribution < -0.4 is 0 Å². The van der Waals surface area contributed by atoms with E-state index in [1.165, 1.54) is 11.1 Å². The first-order valence-electron chi connectivity index (χ1n) is 4.28. The summed E-state index contributed by atoms with van der Waals surface area (Å²) in [7, 11) is 0. The maximum absolute atomic E-state index is 3.65. The van der Waals surface area contributed by atoms with Crippen molar-refractivity contribution in [2.45, 2.75) is 26.7 Å². The molecule has 0 nitrogen and oxygen atoms in total. The van der Waals surface area contributed by atoms with E-state index in [2.05, 4.69) is 51.6 Å². The van der Waals surface area contributed by atoms with E-state index in [4.69, 9.17) is 0 Å².